The van der Waals surface area contributed by atoms with Gasteiger partial charge in [-0.3, -0.25) is 0 Å². The summed E-state index contributed by atoms with van der Waals surface area (Å²) in [5.74, 6) is 3.06. The van der Waals surface area contributed by atoms with Crippen molar-refractivity contribution in [1.82, 2.24) is 0 Å². The Morgan fingerprint density at radius 3 is 2.35 bits per heavy atom. The number of rotatable bonds is 5. The minimum Gasteiger partial charge on any atom is -0.493 e. The molecule has 0 saturated carbocycles. The van der Waals surface area contributed by atoms with Crippen LogP contribution in [0.1, 0.15) is 11.5 Å². The average molecular weight is 276 g/mol. The van der Waals surface area contributed by atoms with Crippen molar-refractivity contribution in [2.75, 3.05) is 31.9 Å². The largest absolute Gasteiger partial charge is 0.493 e. The highest BCUT2D eigenvalue weighted by molar-refractivity contribution is 5.72. The van der Waals surface area contributed by atoms with Crippen LogP contribution < -0.4 is 20.1 Å². The summed E-state index contributed by atoms with van der Waals surface area (Å²) >= 11 is 0. The van der Waals surface area contributed by atoms with E-state index in [1.807, 2.05) is 37.1 Å². The van der Waals surface area contributed by atoms with E-state index in [0.717, 1.165) is 17.2 Å². The summed E-state index contributed by atoms with van der Waals surface area (Å²) < 4.78 is 16.1. The number of methoxy groups -OCH3 is 2. The third kappa shape index (κ3) is 2.82. The van der Waals surface area contributed by atoms with Crippen molar-refractivity contribution >= 4 is 11.4 Å². The molecule has 0 spiro atoms. The molecule has 1 aromatic carbocycles. The van der Waals surface area contributed by atoms with Crippen LogP contribution in [0.5, 0.6) is 11.5 Å². The highest BCUT2D eigenvalue weighted by Gasteiger charge is 2.13. The number of nitrogens with two attached hydrogens (primary N) is 1. The maximum atomic E-state index is 6.07. The third-order valence-corrected chi connectivity index (χ3v) is 3.13. The molecule has 0 radical (unpaired) electrons. The number of nitrogen functional groups attached to an aromatic ring is 1. The predicted molar refractivity (Wildman–Crippen MR) is 79.5 cm³/mol. The molecule has 0 amide bonds. The molecule has 0 bridgehead atoms. The van der Waals surface area contributed by atoms with Crippen molar-refractivity contribution in [1.29, 1.82) is 0 Å². The lowest BCUT2D eigenvalue weighted by Crippen LogP contribution is -2.17. The van der Waals surface area contributed by atoms with Crippen molar-refractivity contribution in [3.05, 3.63) is 35.8 Å². The number of furan rings is 1. The quantitative estimate of drug-likeness (QED) is 0.851. The lowest BCUT2D eigenvalue weighted by molar-refractivity contribution is 0.355. The van der Waals surface area contributed by atoms with E-state index >= 15 is 0 Å². The van der Waals surface area contributed by atoms with Crippen LogP contribution in [0.4, 0.5) is 11.4 Å². The SMILES string of the molecule is COc1cc(N)c(N(C)Cc2ccc(C)o2)cc1OC. The fourth-order valence-electron chi connectivity index (χ4n) is 2.10. The van der Waals surface area contributed by atoms with E-state index in [9.17, 15) is 0 Å². The number of hydrogen-bond acceptors (Lipinski definition) is 5. The Balaban J connectivity index is 2.27. The van der Waals surface area contributed by atoms with Gasteiger partial charge in [0, 0.05) is 19.2 Å². The summed E-state index contributed by atoms with van der Waals surface area (Å²) in [5.41, 5.74) is 7.58. The first-order chi connectivity index (χ1) is 9.55. The van der Waals surface area contributed by atoms with E-state index < -0.39 is 0 Å². The molecule has 0 atom stereocenters. The minimum absolute atomic E-state index is 0.621. The number of anilines is 2. The standard InChI is InChI=1S/C15H20N2O3/c1-10-5-6-11(20-10)9-17(2)13-8-15(19-4)14(18-3)7-12(13)16/h5-8H,9,16H2,1-4H3. The number of nitrogens with zero attached hydrogens (tertiary/aromatic N) is 1. The van der Waals surface area contributed by atoms with Gasteiger partial charge >= 0.3 is 0 Å². The van der Waals surface area contributed by atoms with Crippen molar-refractivity contribution in [3.63, 3.8) is 0 Å². The molecule has 5 nitrogen and oxygen atoms in total. The normalized spacial score (nSPS) is 10.4. The summed E-state index contributed by atoms with van der Waals surface area (Å²) in [7, 11) is 5.15. The number of aryl methyl sites for hydroxylation is 1. The fraction of sp³-hybridized carbons (Fsp3) is 0.333. The lowest BCUT2D eigenvalue weighted by atomic mass is 10.2. The molecule has 0 unspecified atom stereocenters. The molecule has 20 heavy (non-hydrogen) atoms. The highest BCUT2D eigenvalue weighted by Crippen LogP contribution is 2.36. The molecule has 108 valence electrons. The van der Waals surface area contributed by atoms with Crippen LogP contribution in [0.15, 0.2) is 28.7 Å². The zero-order valence-corrected chi connectivity index (χ0v) is 12.3. The molecule has 1 aromatic heterocycles. The molecule has 5 heteroatoms. The van der Waals surface area contributed by atoms with Crippen molar-refractivity contribution in [2.24, 2.45) is 0 Å². The number of benzene rings is 1. The minimum atomic E-state index is 0.621. The predicted octanol–water partition coefficient (Wildman–Crippen LogP) is 2.82. The van der Waals surface area contributed by atoms with E-state index in [1.54, 1.807) is 20.3 Å². The van der Waals surface area contributed by atoms with Crippen LogP contribution in [0.3, 0.4) is 0 Å². The van der Waals surface area contributed by atoms with Gasteiger partial charge in [0.25, 0.3) is 0 Å². The maximum absolute atomic E-state index is 6.07. The molecule has 0 aliphatic heterocycles. The van der Waals surface area contributed by atoms with Gasteiger partial charge in [-0.05, 0) is 19.1 Å². The van der Waals surface area contributed by atoms with Crippen LogP contribution in [0.25, 0.3) is 0 Å². The Hall–Kier alpha value is -2.30. The second-order valence-electron chi connectivity index (χ2n) is 4.63. The lowest BCUT2D eigenvalue weighted by Gasteiger charge is -2.21. The molecular formula is C15H20N2O3. The molecule has 2 aromatic rings. The first-order valence-corrected chi connectivity index (χ1v) is 6.33. The molecule has 2 N–H and O–H groups in total. The average Bonchev–Trinajstić information content (AvgIpc) is 2.83. The van der Waals surface area contributed by atoms with Crippen LogP contribution in [-0.4, -0.2) is 21.3 Å². The highest BCUT2D eigenvalue weighted by atomic mass is 16.5. The van der Waals surface area contributed by atoms with Gasteiger partial charge in [0.1, 0.15) is 11.5 Å². The van der Waals surface area contributed by atoms with Crippen LogP contribution in [-0.2, 0) is 6.54 Å². The van der Waals surface area contributed by atoms with Crippen molar-refractivity contribution in [3.8, 4) is 11.5 Å². The van der Waals surface area contributed by atoms with Gasteiger partial charge in [0.05, 0.1) is 32.1 Å². The maximum Gasteiger partial charge on any atom is 0.162 e. The van der Waals surface area contributed by atoms with E-state index in [1.165, 1.54) is 0 Å². The van der Waals surface area contributed by atoms with E-state index in [4.69, 9.17) is 19.6 Å². The van der Waals surface area contributed by atoms with Crippen molar-refractivity contribution < 1.29 is 13.9 Å². The van der Waals surface area contributed by atoms with Crippen LogP contribution in [0.2, 0.25) is 0 Å². The van der Waals surface area contributed by atoms with E-state index in [-0.39, 0.29) is 0 Å². The smallest absolute Gasteiger partial charge is 0.162 e. The zero-order chi connectivity index (χ0) is 14.7. The van der Waals surface area contributed by atoms with E-state index in [2.05, 4.69) is 0 Å². The Bertz CT molecular complexity index is 593. The molecule has 0 fully saturated rings. The second-order valence-corrected chi connectivity index (χ2v) is 4.63. The van der Waals surface area contributed by atoms with Gasteiger partial charge in [0.15, 0.2) is 11.5 Å². The molecule has 0 saturated heterocycles. The molecule has 1 heterocycles. The first kappa shape index (κ1) is 14.1. The third-order valence-electron chi connectivity index (χ3n) is 3.13. The Morgan fingerprint density at radius 2 is 1.80 bits per heavy atom. The Labute approximate surface area is 118 Å². The number of hydrogen-bond donors (Lipinski definition) is 1. The van der Waals surface area contributed by atoms with Gasteiger partial charge in [-0.2, -0.15) is 0 Å². The molecular weight excluding hydrogens is 256 g/mol. The summed E-state index contributed by atoms with van der Waals surface area (Å²) in [6.07, 6.45) is 0. The van der Waals surface area contributed by atoms with Gasteiger partial charge in [-0.25, -0.2) is 0 Å². The Kier molecular flexibility index (Phi) is 4.08. The monoisotopic (exact) mass is 276 g/mol. The summed E-state index contributed by atoms with van der Waals surface area (Å²) in [4.78, 5) is 2.01. The first-order valence-electron chi connectivity index (χ1n) is 6.33. The van der Waals surface area contributed by atoms with Gasteiger partial charge < -0.3 is 24.5 Å². The Morgan fingerprint density at radius 1 is 1.15 bits per heavy atom. The molecule has 0 aliphatic carbocycles. The van der Waals surface area contributed by atoms with Gasteiger partial charge in [0.2, 0.25) is 0 Å². The van der Waals surface area contributed by atoms with E-state index in [0.29, 0.717) is 23.7 Å². The number of ether oxygens (including phenoxy) is 2. The molecule has 0 aliphatic rings. The fourth-order valence-corrected chi connectivity index (χ4v) is 2.10. The van der Waals surface area contributed by atoms with Crippen molar-refractivity contribution in [2.45, 2.75) is 13.5 Å². The summed E-state index contributed by atoms with van der Waals surface area (Å²) in [5, 5.41) is 0. The van der Waals surface area contributed by atoms with Gasteiger partial charge in [-0.15, -0.1) is 0 Å². The molecule has 2 rings (SSSR count). The zero-order valence-electron chi connectivity index (χ0n) is 12.3. The van der Waals surface area contributed by atoms with Gasteiger partial charge in [-0.1, -0.05) is 0 Å². The van der Waals surface area contributed by atoms with Crippen LogP contribution >= 0.6 is 0 Å². The second kappa shape index (κ2) is 5.77. The topological polar surface area (TPSA) is 60.9 Å². The summed E-state index contributed by atoms with van der Waals surface area (Å²) in [6, 6.07) is 7.53. The van der Waals surface area contributed by atoms with Crippen LogP contribution in [0, 0.1) is 6.92 Å². The summed E-state index contributed by atoms with van der Waals surface area (Å²) in [6.45, 7) is 2.56.